The number of methoxy groups -OCH3 is 1. The van der Waals surface area contributed by atoms with Crippen molar-refractivity contribution in [3.8, 4) is 5.75 Å². The van der Waals surface area contributed by atoms with E-state index in [1.807, 2.05) is 24.4 Å². The van der Waals surface area contributed by atoms with Gasteiger partial charge in [0.2, 0.25) is 0 Å². The van der Waals surface area contributed by atoms with Crippen LogP contribution in [0.15, 0.2) is 53.8 Å². The van der Waals surface area contributed by atoms with E-state index in [4.69, 9.17) is 9.72 Å². The molecule has 27 heavy (non-hydrogen) atoms. The number of aryl methyl sites for hydroxylation is 1. The highest BCUT2D eigenvalue weighted by Gasteiger charge is 2.04. The van der Waals surface area contributed by atoms with Crippen LogP contribution in [0.2, 0.25) is 0 Å². The van der Waals surface area contributed by atoms with Crippen molar-refractivity contribution in [2.75, 3.05) is 27.2 Å². The minimum atomic E-state index is 0.783. The number of benzene rings is 1. The SMILES string of the molecule is CN=C(NCCc1ccc(OC)cc1)NCCc1cn2cccc(C)c2n1. The van der Waals surface area contributed by atoms with E-state index >= 15 is 0 Å². The second-order valence-corrected chi connectivity index (χ2v) is 6.43. The van der Waals surface area contributed by atoms with Crippen LogP contribution in [0.25, 0.3) is 5.65 Å². The smallest absolute Gasteiger partial charge is 0.190 e. The van der Waals surface area contributed by atoms with Gasteiger partial charge >= 0.3 is 0 Å². The summed E-state index contributed by atoms with van der Waals surface area (Å²) in [5, 5.41) is 6.70. The molecule has 2 aromatic heterocycles. The zero-order valence-corrected chi connectivity index (χ0v) is 16.2. The molecule has 0 radical (unpaired) electrons. The van der Waals surface area contributed by atoms with E-state index in [0.717, 1.165) is 49.0 Å². The molecule has 6 heteroatoms. The fourth-order valence-corrected chi connectivity index (χ4v) is 2.97. The van der Waals surface area contributed by atoms with Crippen molar-refractivity contribution in [3.05, 3.63) is 65.6 Å². The van der Waals surface area contributed by atoms with Crippen molar-refractivity contribution in [1.29, 1.82) is 0 Å². The summed E-state index contributed by atoms with van der Waals surface area (Å²) < 4.78 is 7.26. The van der Waals surface area contributed by atoms with Crippen LogP contribution in [0, 0.1) is 6.92 Å². The predicted octanol–water partition coefficient (Wildman–Crippen LogP) is 2.60. The van der Waals surface area contributed by atoms with Crippen LogP contribution in [0.5, 0.6) is 5.75 Å². The second-order valence-electron chi connectivity index (χ2n) is 6.43. The molecule has 0 aliphatic carbocycles. The normalized spacial score (nSPS) is 11.6. The monoisotopic (exact) mass is 365 g/mol. The van der Waals surface area contributed by atoms with Gasteiger partial charge in [-0.2, -0.15) is 0 Å². The Balaban J connectivity index is 1.43. The number of imidazole rings is 1. The van der Waals surface area contributed by atoms with Gasteiger partial charge in [0.15, 0.2) is 5.96 Å². The molecule has 3 aromatic rings. The number of nitrogens with zero attached hydrogens (tertiary/aromatic N) is 3. The Morgan fingerprint density at radius 3 is 2.52 bits per heavy atom. The van der Waals surface area contributed by atoms with Crippen molar-refractivity contribution >= 4 is 11.6 Å². The molecule has 0 bridgehead atoms. The molecule has 0 fully saturated rings. The van der Waals surface area contributed by atoms with Gasteiger partial charge in [-0.25, -0.2) is 4.98 Å². The third-order valence-electron chi connectivity index (χ3n) is 4.49. The van der Waals surface area contributed by atoms with Gasteiger partial charge in [0, 0.05) is 39.0 Å². The van der Waals surface area contributed by atoms with Gasteiger partial charge in [-0.05, 0) is 42.7 Å². The average Bonchev–Trinajstić information content (AvgIpc) is 3.11. The lowest BCUT2D eigenvalue weighted by atomic mass is 10.1. The third kappa shape index (κ3) is 5.00. The Bertz CT molecular complexity index is 899. The van der Waals surface area contributed by atoms with E-state index < -0.39 is 0 Å². The summed E-state index contributed by atoms with van der Waals surface area (Å²) >= 11 is 0. The molecule has 0 spiro atoms. The van der Waals surface area contributed by atoms with Crippen LogP contribution in [0.1, 0.15) is 16.8 Å². The van der Waals surface area contributed by atoms with Crippen LogP contribution in [0.4, 0.5) is 0 Å². The van der Waals surface area contributed by atoms with E-state index in [1.165, 1.54) is 11.1 Å². The van der Waals surface area contributed by atoms with Crippen LogP contribution in [0.3, 0.4) is 0 Å². The molecule has 2 N–H and O–H groups in total. The Morgan fingerprint density at radius 2 is 1.85 bits per heavy atom. The summed E-state index contributed by atoms with van der Waals surface area (Å²) in [6.45, 7) is 3.68. The molecule has 0 amide bonds. The van der Waals surface area contributed by atoms with Crippen molar-refractivity contribution in [1.82, 2.24) is 20.0 Å². The number of aliphatic imine (C=N–C) groups is 1. The number of hydrogen-bond acceptors (Lipinski definition) is 3. The summed E-state index contributed by atoms with van der Waals surface area (Å²) in [5.41, 5.74) is 4.55. The summed E-state index contributed by atoms with van der Waals surface area (Å²) in [5.74, 6) is 1.69. The lowest BCUT2D eigenvalue weighted by Crippen LogP contribution is -2.39. The van der Waals surface area contributed by atoms with E-state index in [0.29, 0.717) is 0 Å². The first-order valence-corrected chi connectivity index (χ1v) is 9.20. The first-order chi connectivity index (χ1) is 13.2. The molecule has 0 aliphatic rings. The Labute approximate surface area is 160 Å². The Kier molecular flexibility index (Phi) is 6.30. The van der Waals surface area contributed by atoms with Gasteiger partial charge in [-0.15, -0.1) is 0 Å². The predicted molar refractivity (Wildman–Crippen MR) is 110 cm³/mol. The molecular weight excluding hydrogens is 338 g/mol. The molecule has 0 unspecified atom stereocenters. The van der Waals surface area contributed by atoms with Crippen molar-refractivity contribution < 1.29 is 4.74 Å². The van der Waals surface area contributed by atoms with Gasteiger partial charge in [0.25, 0.3) is 0 Å². The molecule has 0 atom stereocenters. The topological polar surface area (TPSA) is 63.0 Å². The second kappa shape index (κ2) is 9.07. The van der Waals surface area contributed by atoms with Crippen LogP contribution in [-0.2, 0) is 12.8 Å². The number of aromatic nitrogens is 2. The maximum absolute atomic E-state index is 5.18. The number of fused-ring (bicyclic) bond motifs is 1. The maximum atomic E-state index is 5.18. The quantitative estimate of drug-likeness (QED) is 0.499. The third-order valence-corrected chi connectivity index (χ3v) is 4.49. The Morgan fingerprint density at radius 1 is 1.11 bits per heavy atom. The largest absolute Gasteiger partial charge is 0.497 e. The highest BCUT2D eigenvalue weighted by atomic mass is 16.5. The van der Waals surface area contributed by atoms with Gasteiger partial charge in [0.05, 0.1) is 12.8 Å². The molecule has 1 aromatic carbocycles. The summed E-state index contributed by atoms with van der Waals surface area (Å²) in [7, 11) is 3.47. The van der Waals surface area contributed by atoms with Crippen molar-refractivity contribution in [2.24, 2.45) is 4.99 Å². The number of hydrogen-bond donors (Lipinski definition) is 2. The van der Waals surface area contributed by atoms with E-state index in [9.17, 15) is 0 Å². The molecule has 6 nitrogen and oxygen atoms in total. The lowest BCUT2D eigenvalue weighted by Gasteiger charge is -2.11. The van der Waals surface area contributed by atoms with Crippen LogP contribution in [-0.4, -0.2) is 42.6 Å². The van der Waals surface area contributed by atoms with Gasteiger partial charge in [-0.1, -0.05) is 18.2 Å². The average molecular weight is 365 g/mol. The molecule has 0 saturated heterocycles. The summed E-state index contributed by atoms with van der Waals surface area (Å²) in [6.07, 6.45) is 5.90. The number of ether oxygens (including phenoxy) is 1. The fourth-order valence-electron chi connectivity index (χ4n) is 2.97. The first kappa shape index (κ1) is 18.8. The van der Waals surface area contributed by atoms with Gasteiger partial charge < -0.3 is 19.8 Å². The minimum Gasteiger partial charge on any atom is -0.497 e. The number of guanidine groups is 1. The lowest BCUT2D eigenvalue weighted by molar-refractivity contribution is 0.414. The van der Waals surface area contributed by atoms with E-state index in [1.54, 1.807) is 14.2 Å². The molecular formula is C21H27N5O. The van der Waals surface area contributed by atoms with E-state index in [2.05, 4.69) is 51.3 Å². The van der Waals surface area contributed by atoms with Gasteiger partial charge in [-0.3, -0.25) is 4.99 Å². The van der Waals surface area contributed by atoms with Crippen LogP contribution >= 0.6 is 0 Å². The standard InChI is InChI=1S/C21H27N5O/c1-16-5-4-14-26-15-18(25-20(16)26)11-13-24-21(22-2)23-12-10-17-6-8-19(27-3)9-7-17/h4-9,14-15H,10-13H2,1-3H3,(H2,22,23,24). The van der Waals surface area contributed by atoms with Crippen molar-refractivity contribution in [3.63, 3.8) is 0 Å². The minimum absolute atomic E-state index is 0.783. The highest BCUT2D eigenvalue weighted by Crippen LogP contribution is 2.11. The molecule has 0 aliphatic heterocycles. The molecule has 2 heterocycles. The Hall–Kier alpha value is -3.02. The maximum Gasteiger partial charge on any atom is 0.190 e. The molecule has 0 saturated carbocycles. The number of rotatable bonds is 7. The summed E-state index contributed by atoms with van der Waals surface area (Å²) in [6, 6.07) is 12.3. The highest BCUT2D eigenvalue weighted by molar-refractivity contribution is 5.79. The summed E-state index contributed by atoms with van der Waals surface area (Å²) in [4.78, 5) is 8.99. The van der Waals surface area contributed by atoms with Crippen LogP contribution < -0.4 is 15.4 Å². The number of pyridine rings is 1. The zero-order chi connectivity index (χ0) is 19.1. The zero-order valence-electron chi connectivity index (χ0n) is 16.2. The van der Waals surface area contributed by atoms with E-state index in [-0.39, 0.29) is 0 Å². The fraction of sp³-hybridized carbons (Fsp3) is 0.333. The first-order valence-electron chi connectivity index (χ1n) is 9.20. The number of nitrogens with one attached hydrogen (secondary N) is 2. The van der Waals surface area contributed by atoms with Gasteiger partial charge in [0.1, 0.15) is 11.4 Å². The molecule has 142 valence electrons. The molecule has 3 rings (SSSR count). The van der Waals surface area contributed by atoms with Crippen molar-refractivity contribution in [2.45, 2.75) is 19.8 Å².